The Bertz CT molecular complexity index is 1240. The number of Topliss-reactive ketones (excluding diaryl/α,β-unsaturated/α-hetero) is 1. The standard InChI is InChI=1S/C22H21N3O3S/c1-11-3-5-14-18(7-11)29-21-19(14)22(28)25(10-23-21)9-17(26)13-4-6-16-15(8-13)12(2)20(27)24-16/h4,6,8,10-12H,3,5,7,9H2,1-2H3,(H,24,27)/t11-,12+/m1/s1. The van der Waals surface area contributed by atoms with Gasteiger partial charge in [-0.05, 0) is 61.4 Å². The molecule has 2 atom stereocenters. The van der Waals surface area contributed by atoms with Crippen LogP contribution < -0.4 is 10.9 Å². The van der Waals surface area contributed by atoms with E-state index in [1.165, 1.54) is 15.8 Å². The number of anilines is 1. The van der Waals surface area contributed by atoms with Crippen molar-refractivity contribution >= 4 is 38.9 Å². The van der Waals surface area contributed by atoms with Gasteiger partial charge in [0.15, 0.2) is 5.78 Å². The Labute approximate surface area is 171 Å². The molecule has 1 aromatic carbocycles. The predicted octanol–water partition coefficient (Wildman–Crippen LogP) is 3.52. The van der Waals surface area contributed by atoms with Crippen LogP contribution in [0.2, 0.25) is 0 Å². The first-order valence-electron chi connectivity index (χ1n) is 9.90. The molecule has 0 radical (unpaired) electrons. The number of aryl methyl sites for hydroxylation is 1. The molecule has 0 fully saturated rings. The van der Waals surface area contributed by atoms with Gasteiger partial charge in [-0.1, -0.05) is 6.92 Å². The topological polar surface area (TPSA) is 81.1 Å². The first-order valence-corrected chi connectivity index (χ1v) is 10.7. The number of fused-ring (bicyclic) bond motifs is 4. The van der Waals surface area contributed by atoms with Crippen LogP contribution in [-0.2, 0) is 24.2 Å². The second-order valence-electron chi connectivity index (χ2n) is 8.15. The van der Waals surface area contributed by atoms with E-state index in [9.17, 15) is 14.4 Å². The van der Waals surface area contributed by atoms with Gasteiger partial charge in [-0.3, -0.25) is 19.0 Å². The minimum atomic E-state index is -0.279. The second-order valence-corrected chi connectivity index (χ2v) is 9.23. The number of thiophene rings is 1. The summed E-state index contributed by atoms with van der Waals surface area (Å²) in [6, 6.07) is 5.21. The number of nitrogens with zero attached hydrogens (tertiary/aromatic N) is 2. The summed E-state index contributed by atoms with van der Waals surface area (Å²) < 4.78 is 1.41. The molecule has 2 aromatic heterocycles. The predicted molar refractivity (Wildman–Crippen MR) is 113 cm³/mol. The van der Waals surface area contributed by atoms with Crippen molar-refractivity contribution in [3.63, 3.8) is 0 Å². The molecule has 7 heteroatoms. The molecule has 148 valence electrons. The van der Waals surface area contributed by atoms with Gasteiger partial charge in [0, 0.05) is 16.1 Å². The zero-order chi connectivity index (χ0) is 20.3. The summed E-state index contributed by atoms with van der Waals surface area (Å²) in [7, 11) is 0. The monoisotopic (exact) mass is 407 g/mol. The molecule has 0 unspecified atom stereocenters. The molecule has 3 aromatic rings. The van der Waals surface area contributed by atoms with Gasteiger partial charge in [0.2, 0.25) is 5.91 Å². The molecule has 29 heavy (non-hydrogen) atoms. The number of amides is 1. The smallest absolute Gasteiger partial charge is 0.262 e. The van der Waals surface area contributed by atoms with Crippen molar-refractivity contribution in [2.24, 2.45) is 5.92 Å². The minimum Gasteiger partial charge on any atom is -0.325 e. The Hall–Kier alpha value is -2.80. The Morgan fingerprint density at radius 2 is 2.14 bits per heavy atom. The number of carbonyl (C=O) groups is 2. The van der Waals surface area contributed by atoms with Crippen LogP contribution in [-0.4, -0.2) is 21.2 Å². The van der Waals surface area contributed by atoms with E-state index in [2.05, 4.69) is 17.2 Å². The van der Waals surface area contributed by atoms with E-state index in [4.69, 9.17) is 0 Å². The van der Waals surface area contributed by atoms with Crippen molar-refractivity contribution in [3.05, 3.63) is 56.4 Å². The summed E-state index contributed by atoms with van der Waals surface area (Å²) in [5.41, 5.74) is 3.06. The molecule has 1 aliphatic carbocycles. The third-order valence-corrected chi connectivity index (χ3v) is 7.25. The van der Waals surface area contributed by atoms with E-state index in [1.54, 1.807) is 29.5 Å². The van der Waals surface area contributed by atoms with Crippen LogP contribution in [0.3, 0.4) is 0 Å². The van der Waals surface area contributed by atoms with Gasteiger partial charge in [0.1, 0.15) is 4.83 Å². The van der Waals surface area contributed by atoms with Crippen LogP contribution >= 0.6 is 11.3 Å². The van der Waals surface area contributed by atoms with Gasteiger partial charge in [0.25, 0.3) is 5.56 Å². The average Bonchev–Trinajstić information content (AvgIpc) is 3.20. The summed E-state index contributed by atoms with van der Waals surface area (Å²) in [4.78, 5) is 44.3. The zero-order valence-electron chi connectivity index (χ0n) is 16.3. The molecule has 2 aliphatic rings. The minimum absolute atomic E-state index is 0.0582. The zero-order valence-corrected chi connectivity index (χ0v) is 17.1. The fourth-order valence-electron chi connectivity index (χ4n) is 4.32. The number of ketones is 1. The van der Waals surface area contributed by atoms with Crippen LogP contribution in [0.5, 0.6) is 0 Å². The van der Waals surface area contributed by atoms with Crippen LogP contribution in [0, 0.1) is 5.92 Å². The normalized spacial score (nSPS) is 20.4. The molecule has 1 N–H and O–H groups in total. The second kappa shape index (κ2) is 6.62. The third-order valence-electron chi connectivity index (χ3n) is 6.09. The number of hydrogen-bond donors (Lipinski definition) is 1. The Morgan fingerprint density at radius 3 is 2.97 bits per heavy atom. The number of rotatable bonds is 3. The molecule has 0 saturated heterocycles. The van der Waals surface area contributed by atoms with Crippen molar-refractivity contribution in [1.29, 1.82) is 0 Å². The maximum absolute atomic E-state index is 13.1. The number of hydrogen-bond acceptors (Lipinski definition) is 5. The van der Waals surface area contributed by atoms with Gasteiger partial charge in [-0.2, -0.15) is 0 Å². The number of benzene rings is 1. The van der Waals surface area contributed by atoms with Crippen LogP contribution in [0.15, 0.2) is 29.3 Å². The van der Waals surface area contributed by atoms with E-state index >= 15 is 0 Å². The van der Waals surface area contributed by atoms with Gasteiger partial charge < -0.3 is 5.32 Å². The highest BCUT2D eigenvalue weighted by Crippen LogP contribution is 2.36. The Kier molecular flexibility index (Phi) is 4.17. The SMILES string of the molecule is C[C@@H]1CCc2c(sc3ncn(CC(=O)c4ccc5c(c4)[C@H](C)C(=O)N5)c(=O)c23)C1. The van der Waals surface area contributed by atoms with E-state index in [0.29, 0.717) is 16.9 Å². The maximum atomic E-state index is 13.1. The van der Waals surface area contributed by atoms with E-state index < -0.39 is 0 Å². The lowest BCUT2D eigenvalue weighted by atomic mass is 9.89. The van der Waals surface area contributed by atoms with Gasteiger partial charge >= 0.3 is 0 Å². The Morgan fingerprint density at radius 1 is 1.31 bits per heavy atom. The van der Waals surface area contributed by atoms with Crippen LogP contribution in [0.25, 0.3) is 10.2 Å². The third kappa shape index (κ3) is 2.92. The number of aromatic nitrogens is 2. The first-order chi connectivity index (χ1) is 13.9. The number of nitrogens with one attached hydrogen (secondary N) is 1. The summed E-state index contributed by atoms with van der Waals surface area (Å²) in [5, 5.41) is 3.49. The largest absolute Gasteiger partial charge is 0.325 e. The highest BCUT2D eigenvalue weighted by atomic mass is 32.1. The van der Waals surface area contributed by atoms with E-state index in [-0.39, 0.29) is 29.7 Å². The van der Waals surface area contributed by atoms with Crippen molar-refractivity contribution in [3.8, 4) is 0 Å². The number of carbonyl (C=O) groups excluding carboxylic acids is 2. The highest BCUT2D eigenvalue weighted by molar-refractivity contribution is 7.18. The molecule has 3 heterocycles. The fraction of sp³-hybridized carbons (Fsp3) is 0.364. The molecular weight excluding hydrogens is 386 g/mol. The van der Waals surface area contributed by atoms with Crippen LogP contribution in [0.4, 0.5) is 5.69 Å². The quantitative estimate of drug-likeness (QED) is 0.674. The molecule has 0 saturated carbocycles. The lowest BCUT2D eigenvalue weighted by molar-refractivity contribution is -0.116. The van der Waals surface area contributed by atoms with Crippen LogP contribution in [0.1, 0.15) is 52.5 Å². The van der Waals surface area contributed by atoms with E-state index in [1.807, 2.05) is 6.92 Å². The molecule has 1 aliphatic heterocycles. The molecular formula is C22H21N3O3S. The molecule has 1 amide bonds. The van der Waals surface area contributed by atoms with Gasteiger partial charge in [-0.15, -0.1) is 11.3 Å². The van der Waals surface area contributed by atoms with Gasteiger partial charge in [-0.25, -0.2) is 4.98 Å². The van der Waals surface area contributed by atoms with E-state index in [0.717, 1.165) is 40.9 Å². The van der Waals surface area contributed by atoms with Crippen molar-refractivity contribution in [2.75, 3.05) is 5.32 Å². The molecule has 5 rings (SSSR count). The summed E-state index contributed by atoms with van der Waals surface area (Å²) in [5.74, 6) is 0.119. The highest BCUT2D eigenvalue weighted by Gasteiger charge is 2.27. The summed E-state index contributed by atoms with van der Waals surface area (Å²) in [6.45, 7) is 3.99. The maximum Gasteiger partial charge on any atom is 0.262 e. The molecule has 0 bridgehead atoms. The first kappa shape index (κ1) is 18.2. The van der Waals surface area contributed by atoms with Crippen molar-refractivity contribution < 1.29 is 9.59 Å². The molecule has 0 spiro atoms. The van der Waals surface area contributed by atoms with Crippen molar-refractivity contribution in [1.82, 2.24) is 9.55 Å². The average molecular weight is 407 g/mol. The lowest BCUT2D eigenvalue weighted by Gasteiger charge is -2.17. The van der Waals surface area contributed by atoms with Crippen molar-refractivity contribution in [2.45, 2.75) is 45.6 Å². The van der Waals surface area contributed by atoms with Gasteiger partial charge in [0.05, 0.1) is 24.2 Å². The lowest BCUT2D eigenvalue weighted by Crippen LogP contribution is -2.25. The summed E-state index contributed by atoms with van der Waals surface area (Å²) >= 11 is 1.61. The fourth-order valence-corrected chi connectivity index (χ4v) is 5.66. The molecule has 6 nitrogen and oxygen atoms in total. The Balaban J connectivity index is 1.48. The summed E-state index contributed by atoms with van der Waals surface area (Å²) in [6.07, 6.45) is 4.45.